The van der Waals surface area contributed by atoms with Gasteiger partial charge in [-0.05, 0) is 121 Å². The highest BCUT2D eigenvalue weighted by molar-refractivity contribution is 6.14. The molecule has 20 rings (SSSR count). The van der Waals surface area contributed by atoms with Crippen LogP contribution in [0.5, 0.6) is 0 Å². The number of rotatable bonds is 7. The highest BCUT2D eigenvalue weighted by Gasteiger charge is 2.26. The molecule has 2 aliphatic carbocycles. The lowest BCUT2D eigenvalue weighted by Crippen LogP contribution is -2.07. The Labute approximate surface area is 527 Å². The monoisotopic (exact) mass is 1170 g/mol. The van der Waals surface area contributed by atoms with Crippen LogP contribution in [0.1, 0.15) is 22.5 Å². The maximum absolute atomic E-state index is 5.70. The molecule has 0 aliphatic heterocycles. The average molecular weight is 1180 g/mol. The van der Waals surface area contributed by atoms with Gasteiger partial charge in [0.2, 0.25) is 0 Å². The zero-order chi connectivity index (χ0) is 60.1. The fourth-order valence-corrected chi connectivity index (χ4v) is 15.6. The van der Waals surface area contributed by atoms with Crippen LogP contribution in [0.4, 0.5) is 0 Å². The van der Waals surface area contributed by atoms with Crippen LogP contribution in [0, 0.1) is 0 Å². The molecule has 7 heterocycles. The van der Waals surface area contributed by atoms with Gasteiger partial charge < -0.3 is 18.3 Å². The van der Waals surface area contributed by atoms with Crippen molar-refractivity contribution in [3.8, 4) is 40.1 Å². The minimum atomic E-state index is 0.633. The van der Waals surface area contributed by atoms with Crippen LogP contribution in [0.3, 0.4) is 0 Å². The highest BCUT2D eigenvalue weighted by atomic mass is 15.2. The number of nitrogens with zero attached hydrogens (tertiary/aromatic N) is 8. The molecule has 0 fully saturated rings. The van der Waals surface area contributed by atoms with Crippen LogP contribution in [0.15, 0.2) is 291 Å². The molecule has 0 amide bonds. The number of para-hydroxylation sites is 7. The minimum Gasteiger partial charge on any atom is -0.313 e. The quantitative estimate of drug-likeness (QED) is 0.160. The summed E-state index contributed by atoms with van der Waals surface area (Å²) in [7, 11) is 0. The van der Waals surface area contributed by atoms with Gasteiger partial charge >= 0.3 is 0 Å². The molecule has 430 valence electrons. The number of aromatic nitrogens is 8. The lowest BCUT2D eigenvalue weighted by atomic mass is 10.1. The topological polar surface area (TPSA) is 55.4 Å². The Hall–Kier alpha value is -12.3. The smallest absolute Gasteiger partial charge is 0.163 e. The molecule has 0 saturated carbocycles. The molecule has 0 N–H and O–H groups in total. The summed E-state index contributed by atoms with van der Waals surface area (Å²) < 4.78 is 14.5. The number of benzene rings is 11. The van der Waals surface area contributed by atoms with Gasteiger partial charge in [-0.3, -0.25) is 9.13 Å². The van der Waals surface area contributed by atoms with E-state index in [4.69, 9.17) is 9.97 Å². The Morgan fingerprint density at radius 3 is 1.22 bits per heavy atom. The first-order valence-electron chi connectivity index (χ1n) is 31.7. The van der Waals surface area contributed by atoms with Crippen LogP contribution >= 0.6 is 0 Å². The third-order valence-electron chi connectivity index (χ3n) is 19.6. The van der Waals surface area contributed by atoms with Crippen LogP contribution in [-0.2, 0) is 12.8 Å². The normalized spacial score (nSPS) is 13.3. The summed E-state index contributed by atoms with van der Waals surface area (Å²) in [5, 5.41) is 12.0. The summed E-state index contributed by atoms with van der Waals surface area (Å²) in [4.78, 5) is 11.4. The van der Waals surface area contributed by atoms with Crippen molar-refractivity contribution in [1.82, 2.24) is 37.4 Å². The lowest BCUT2D eigenvalue weighted by Gasteiger charge is -2.15. The van der Waals surface area contributed by atoms with E-state index in [-0.39, 0.29) is 0 Å². The highest BCUT2D eigenvalue weighted by Crippen LogP contribution is 2.43. The molecular formula is C84H54N8. The molecule has 0 unspecified atom stereocenters. The average Bonchev–Trinajstić information content (AvgIpc) is 1.58. The Morgan fingerprint density at radius 2 is 0.696 bits per heavy atom. The summed E-state index contributed by atoms with van der Waals surface area (Å²) in [6, 6.07) is 95.2. The third kappa shape index (κ3) is 7.34. The van der Waals surface area contributed by atoms with Crippen LogP contribution in [0.2, 0.25) is 0 Å². The van der Waals surface area contributed by atoms with E-state index >= 15 is 0 Å². The van der Waals surface area contributed by atoms with Gasteiger partial charge in [-0.2, -0.15) is 0 Å². The maximum atomic E-state index is 5.70. The van der Waals surface area contributed by atoms with Crippen molar-refractivity contribution in [1.29, 1.82) is 0 Å². The van der Waals surface area contributed by atoms with E-state index in [1.54, 1.807) is 0 Å². The summed E-state index contributed by atoms with van der Waals surface area (Å²) in [5.74, 6) is 2.17. The molecule has 2 aliphatic rings. The van der Waals surface area contributed by atoms with Gasteiger partial charge in [0.15, 0.2) is 5.82 Å². The zero-order valence-corrected chi connectivity index (χ0v) is 49.9. The van der Waals surface area contributed by atoms with Gasteiger partial charge in [0.25, 0.3) is 0 Å². The predicted molar refractivity (Wildman–Crippen MR) is 382 cm³/mol. The van der Waals surface area contributed by atoms with Gasteiger partial charge in [0, 0.05) is 106 Å². The van der Waals surface area contributed by atoms with E-state index < -0.39 is 0 Å². The fraction of sp³-hybridized carbons (Fsp3) is 0.0238. The van der Waals surface area contributed by atoms with Gasteiger partial charge in [0.1, 0.15) is 11.6 Å². The number of hydrogen-bond acceptors (Lipinski definition) is 2. The molecule has 18 aromatic rings. The van der Waals surface area contributed by atoms with E-state index in [1.165, 1.54) is 93.1 Å². The van der Waals surface area contributed by atoms with Crippen molar-refractivity contribution in [3.05, 3.63) is 314 Å². The van der Waals surface area contributed by atoms with E-state index in [0.29, 0.717) is 12.2 Å². The van der Waals surface area contributed by atoms with Crippen LogP contribution < -0.4 is 0 Å². The van der Waals surface area contributed by atoms with E-state index in [9.17, 15) is 0 Å². The summed E-state index contributed by atoms with van der Waals surface area (Å²) in [6.45, 7) is 0. The largest absolute Gasteiger partial charge is 0.313 e. The molecular weight excluding hydrogens is 1120 g/mol. The Bertz CT molecular complexity index is 6160. The van der Waals surface area contributed by atoms with Crippen LogP contribution in [0.25, 0.3) is 167 Å². The fourth-order valence-electron chi connectivity index (χ4n) is 15.6. The summed E-state index contributed by atoms with van der Waals surface area (Å²) >= 11 is 0. The second-order valence-electron chi connectivity index (χ2n) is 24.4. The number of fused-ring (bicyclic) bond motifs is 18. The molecule has 0 bridgehead atoms. The predicted octanol–water partition coefficient (Wildman–Crippen LogP) is 20.7. The second-order valence-corrected chi connectivity index (χ2v) is 24.4. The molecule has 8 heteroatoms. The second kappa shape index (κ2) is 19.6. The van der Waals surface area contributed by atoms with E-state index in [2.05, 4.69) is 331 Å². The standard InChI is InChI=1S/C84H54N8/c1-3-21-53(22-4-1)84-85-82(91-78-45-40-54(87-70-32-14-7-24-59(70)60-25-8-15-33-71(60)87)39-44-66(78)67-49-55(41-46-79(67)91)88-74-35-17-10-27-62(74)63-28-11-18-36-75(63)88)52-83(86-84)92-80-47-42-56(89-72-31-6-2-5-23-58(72)61-26-9-16-34-73(61)89)50-68(80)69-51-57(43-48-81(69)92)90-76-37-19-12-29-64(76)65-30-13-20-38-77(65)90/h1-30,32-43,45-52H,31,44H2. The Balaban J connectivity index is 0.853. The molecule has 8 nitrogen and oxygen atoms in total. The van der Waals surface area contributed by atoms with Crippen LogP contribution in [-0.4, -0.2) is 37.4 Å². The Kier molecular flexibility index (Phi) is 10.8. The Morgan fingerprint density at radius 1 is 0.283 bits per heavy atom. The molecule has 11 aromatic carbocycles. The first-order valence-corrected chi connectivity index (χ1v) is 31.7. The summed E-state index contributed by atoms with van der Waals surface area (Å²) in [5.41, 5.74) is 21.5. The van der Waals surface area contributed by atoms with Gasteiger partial charge in [-0.1, -0.05) is 188 Å². The van der Waals surface area contributed by atoms with Gasteiger partial charge in [0.05, 0.1) is 60.9 Å². The van der Waals surface area contributed by atoms with Crippen molar-refractivity contribution >= 4 is 127 Å². The van der Waals surface area contributed by atoms with Crippen molar-refractivity contribution in [2.45, 2.75) is 12.8 Å². The van der Waals surface area contributed by atoms with E-state index in [1.807, 2.05) is 0 Å². The van der Waals surface area contributed by atoms with Gasteiger partial charge in [-0.25, -0.2) is 9.97 Å². The lowest BCUT2D eigenvalue weighted by molar-refractivity contribution is 0.967. The molecule has 7 aromatic heterocycles. The number of allylic oxidation sites excluding steroid dienone is 6. The zero-order valence-electron chi connectivity index (χ0n) is 49.9. The molecule has 92 heavy (non-hydrogen) atoms. The van der Waals surface area contributed by atoms with Crippen molar-refractivity contribution < 1.29 is 0 Å². The third-order valence-corrected chi connectivity index (χ3v) is 19.6. The van der Waals surface area contributed by atoms with Crippen molar-refractivity contribution in [2.75, 3.05) is 0 Å². The first-order chi connectivity index (χ1) is 45.7. The van der Waals surface area contributed by atoms with Crippen molar-refractivity contribution in [3.63, 3.8) is 0 Å². The summed E-state index contributed by atoms with van der Waals surface area (Å²) in [6.07, 6.45) is 17.4. The first kappa shape index (κ1) is 50.7. The maximum Gasteiger partial charge on any atom is 0.163 e. The SMILES string of the molecule is C1=CCc2c(c3ccccc3n2-c2ccc3c(c2)c2cc(-n4c5ccccc5c5ccccc54)ccc2n3-c2cc(-n3c4c(c5cc(-n6c7ccccc7c7ccccc76)ccc53)CC=C(n3c5ccccc5c5ccccc53)C=C4)nc(-c3ccccc3)n2)C=C1. The minimum absolute atomic E-state index is 0.633. The molecule has 0 atom stereocenters. The van der Waals surface area contributed by atoms with E-state index in [0.717, 1.165) is 84.8 Å². The molecule has 0 radical (unpaired) electrons. The molecule has 0 saturated heterocycles. The number of hydrogen-bond donors (Lipinski definition) is 0. The van der Waals surface area contributed by atoms with Crippen molar-refractivity contribution in [2.24, 2.45) is 0 Å². The van der Waals surface area contributed by atoms with Gasteiger partial charge in [-0.15, -0.1) is 0 Å². The molecule has 0 spiro atoms.